The lowest BCUT2D eigenvalue weighted by atomic mass is 10.1. The van der Waals surface area contributed by atoms with Gasteiger partial charge in [0.2, 0.25) is 5.43 Å². The van der Waals surface area contributed by atoms with Crippen LogP contribution in [0, 0.1) is 5.82 Å². The highest BCUT2D eigenvalue weighted by atomic mass is 35.5. The maximum Gasteiger partial charge on any atom is 0.336 e. The van der Waals surface area contributed by atoms with E-state index in [1.54, 1.807) is 24.4 Å². The lowest BCUT2D eigenvalue weighted by Gasteiger charge is -2.14. The molecule has 0 bridgehead atoms. The zero-order chi connectivity index (χ0) is 23.8. The summed E-state index contributed by atoms with van der Waals surface area (Å²) in [5.74, 6) is -2.53. The largest absolute Gasteiger partial charge is 0.478 e. The fourth-order valence-corrected chi connectivity index (χ4v) is 3.80. The molecule has 0 atom stereocenters. The van der Waals surface area contributed by atoms with Crippen molar-refractivity contribution in [2.45, 2.75) is 18.9 Å². The average Bonchev–Trinajstić information content (AvgIpc) is 3.52. The first kappa shape index (κ1) is 23.8. The predicted octanol–water partition coefficient (Wildman–Crippen LogP) is 3.55. The van der Waals surface area contributed by atoms with E-state index in [0.717, 1.165) is 18.9 Å². The number of hydrogen-bond acceptors (Lipinski definition) is 5. The molecule has 2 aromatic carbocycles. The molecule has 0 unspecified atom stereocenters. The smallest absolute Gasteiger partial charge is 0.336 e. The molecular weight excluding hydrogens is 477 g/mol. The first-order chi connectivity index (χ1) is 16.4. The average molecular weight is 496 g/mol. The number of pyridine rings is 1. The van der Waals surface area contributed by atoms with Crippen molar-refractivity contribution in [2.75, 3.05) is 0 Å². The topological polar surface area (TPSA) is 119 Å². The van der Waals surface area contributed by atoms with Gasteiger partial charge >= 0.3 is 5.97 Å². The summed E-state index contributed by atoms with van der Waals surface area (Å²) >= 11 is 0. The number of carbonyl (C=O) groups is 2. The number of nitrogens with zero attached hydrogens (tertiary/aromatic N) is 4. The first-order valence-electron chi connectivity index (χ1n) is 10.5. The van der Waals surface area contributed by atoms with Crippen LogP contribution in [-0.2, 0) is 0 Å². The van der Waals surface area contributed by atoms with Crippen LogP contribution < -0.4 is 10.9 Å². The Balaban J connectivity index is 0.00000289. The van der Waals surface area contributed by atoms with E-state index in [9.17, 15) is 23.9 Å². The fraction of sp³-hybridized carbons (Fsp3) is 0.125. The van der Waals surface area contributed by atoms with Gasteiger partial charge in [0.15, 0.2) is 0 Å². The van der Waals surface area contributed by atoms with Crippen LogP contribution in [0.5, 0.6) is 0 Å². The predicted molar refractivity (Wildman–Crippen MR) is 129 cm³/mol. The summed E-state index contributed by atoms with van der Waals surface area (Å²) in [6.45, 7) is 0. The van der Waals surface area contributed by atoms with Crippen molar-refractivity contribution in [2.24, 2.45) is 5.10 Å². The van der Waals surface area contributed by atoms with Gasteiger partial charge in [-0.3, -0.25) is 9.59 Å². The molecule has 2 heterocycles. The Morgan fingerprint density at radius 1 is 1.20 bits per heavy atom. The summed E-state index contributed by atoms with van der Waals surface area (Å²) in [6, 6.07) is 8.98. The van der Waals surface area contributed by atoms with Gasteiger partial charge < -0.3 is 14.2 Å². The quantitative estimate of drug-likeness (QED) is 0.313. The van der Waals surface area contributed by atoms with Crippen LogP contribution in [0.4, 0.5) is 4.39 Å². The number of hydrazone groups is 1. The number of fused-ring (bicyclic) bond motifs is 1. The van der Waals surface area contributed by atoms with Gasteiger partial charge in [0.05, 0.1) is 29.3 Å². The van der Waals surface area contributed by atoms with Crippen LogP contribution in [0.15, 0.2) is 71.2 Å². The Labute approximate surface area is 203 Å². The van der Waals surface area contributed by atoms with Crippen molar-refractivity contribution < 1.29 is 19.1 Å². The number of amides is 1. The minimum atomic E-state index is -1.13. The van der Waals surface area contributed by atoms with Gasteiger partial charge in [-0.05, 0) is 31.0 Å². The standard InChI is InChI=1S/C24H18FN5O4.ClH/c25-19-9-17-20(10-21(19)29-8-7-26-13-29)30(15-5-6-15)12-18(22(17)31)23(32)28-27-11-14-3-1-2-4-16(14)24(33)34;/h1-4,7-13,15H,5-6H2,(H,28,32)(H,33,34);1H/b27-11-;. The molecule has 5 rings (SSSR count). The third-order valence-corrected chi connectivity index (χ3v) is 5.63. The summed E-state index contributed by atoms with van der Waals surface area (Å²) < 4.78 is 18.2. The van der Waals surface area contributed by atoms with Gasteiger partial charge in [-0.2, -0.15) is 5.10 Å². The number of aromatic carboxylic acids is 1. The van der Waals surface area contributed by atoms with Crippen molar-refractivity contribution in [1.29, 1.82) is 0 Å². The van der Waals surface area contributed by atoms with Gasteiger partial charge in [0.1, 0.15) is 11.4 Å². The van der Waals surface area contributed by atoms with Gasteiger partial charge in [-0.25, -0.2) is 19.6 Å². The molecule has 1 amide bonds. The van der Waals surface area contributed by atoms with E-state index in [4.69, 9.17) is 0 Å². The van der Waals surface area contributed by atoms with E-state index in [1.807, 2.05) is 4.57 Å². The molecule has 0 spiro atoms. The number of halogens is 2. The summed E-state index contributed by atoms with van der Waals surface area (Å²) in [5.41, 5.74) is 2.55. The van der Waals surface area contributed by atoms with Crippen LogP contribution in [0.2, 0.25) is 0 Å². The molecule has 35 heavy (non-hydrogen) atoms. The number of aromatic nitrogens is 3. The Hall–Kier alpha value is -4.31. The van der Waals surface area contributed by atoms with Crippen molar-refractivity contribution >= 4 is 41.4 Å². The maximum atomic E-state index is 14.9. The summed E-state index contributed by atoms with van der Waals surface area (Å²) in [4.78, 5) is 41.1. The molecule has 9 nitrogen and oxygen atoms in total. The van der Waals surface area contributed by atoms with Gasteiger partial charge in [-0.15, -0.1) is 12.4 Å². The number of rotatable bonds is 6. The van der Waals surface area contributed by atoms with Gasteiger partial charge in [-0.1, -0.05) is 18.2 Å². The van der Waals surface area contributed by atoms with Crippen molar-refractivity contribution in [3.8, 4) is 5.69 Å². The lowest BCUT2D eigenvalue weighted by molar-refractivity contribution is 0.0696. The van der Waals surface area contributed by atoms with Crippen LogP contribution in [0.3, 0.4) is 0 Å². The Morgan fingerprint density at radius 3 is 2.66 bits per heavy atom. The molecule has 2 aromatic heterocycles. The zero-order valence-electron chi connectivity index (χ0n) is 18.1. The molecule has 11 heteroatoms. The second kappa shape index (κ2) is 9.51. The molecule has 2 N–H and O–H groups in total. The molecule has 1 aliphatic carbocycles. The van der Waals surface area contributed by atoms with Gasteiger partial charge in [0.25, 0.3) is 5.91 Å². The maximum absolute atomic E-state index is 14.9. The molecule has 0 aliphatic heterocycles. The highest BCUT2D eigenvalue weighted by Crippen LogP contribution is 2.37. The summed E-state index contributed by atoms with van der Waals surface area (Å²) in [6.07, 6.45) is 9.01. The number of nitrogens with one attached hydrogen (secondary N) is 1. The Kier molecular flexibility index (Phi) is 6.48. The minimum absolute atomic E-state index is 0. The number of benzene rings is 2. The Morgan fingerprint density at radius 2 is 1.97 bits per heavy atom. The van der Waals surface area contributed by atoms with Crippen molar-refractivity contribution in [1.82, 2.24) is 19.5 Å². The second-order valence-corrected chi connectivity index (χ2v) is 7.89. The number of hydrogen-bond donors (Lipinski definition) is 2. The lowest BCUT2D eigenvalue weighted by Crippen LogP contribution is -2.27. The van der Waals surface area contributed by atoms with Gasteiger partial charge in [0, 0.05) is 35.6 Å². The highest BCUT2D eigenvalue weighted by Gasteiger charge is 2.27. The molecular formula is C24H19ClFN5O4. The Bertz CT molecular complexity index is 1530. The number of carbonyl (C=O) groups excluding carboxylic acids is 1. The number of carboxylic acids is 1. The number of carboxylic acid groups (broad SMARTS) is 1. The first-order valence-corrected chi connectivity index (χ1v) is 10.5. The molecule has 0 saturated heterocycles. The van der Waals surface area contributed by atoms with E-state index in [-0.39, 0.29) is 40.6 Å². The molecule has 1 fully saturated rings. The molecule has 178 valence electrons. The summed E-state index contributed by atoms with van der Waals surface area (Å²) in [5, 5.41) is 13.2. The van der Waals surface area contributed by atoms with Crippen LogP contribution >= 0.6 is 12.4 Å². The molecule has 4 aromatic rings. The summed E-state index contributed by atoms with van der Waals surface area (Å²) in [7, 11) is 0. The van der Waals surface area contributed by atoms with E-state index < -0.39 is 23.1 Å². The van der Waals surface area contributed by atoms with E-state index in [0.29, 0.717) is 11.1 Å². The SMILES string of the molecule is Cl.O=C(O)c1ccccc1/C=N\NC(=O)c1cn(C2CC2)c2cc(-n3ccnc3)c(F)cc2c1=O. The minimum Gasteiger partial charge on any atom is -0.478 e. The van der Waals surface area contributed by atoms with Crippen molar-refractivity contribution in [3.63, 3.8) is 0 Å². The third kappa shape index (κ3) is 4.56. The second-order valence-electron chi connectivity index (χ2n) is 7.89. The molecule has 1 saturated carbocycles. The van der Waals surface area contributed by atoms with Crippen molar-refractivity contribution in [3.05, 3.63) is 94.0 Å². The zero-order valence-corrected chi connectivity index (χ0v) is 18.9. The van der Waals surface area contributed by atoms with E-state index in [2.05, 4.69) is 15.5 Å². The normalized spacial score (nSPS) is 13.1. The monoisotopic (exact) mass is 495 g/mol. The third-order valence-electron chi connectivity index (χ3n) is 5.63. The highest BCUT2D eigenvalue weighted by molar-refractivity contribution is 6.00. The fourth-order valence-electron chi connectivity index (χ4n) is 3.80. The molecule has 0 radical (unpaired) electrons. The van der Waals surface area contributed by atoms with E-state index in [1.165, 1.54) is 41.6 Å². The van der Waals surface area contributed by atoms with E-state index >= 15 is 0 Å². The number of imidazole rings is 1. The molecule has 1 aliphatic rings. The van der Waals surface area contributed by atoms with Crippen LogP contribution in [-0.4, -0.2) is 37.3 Å². The van der Waals surface area contributed by atoms with Crippen LogP contribution in [0.25, 0.3) is 16.6 Å². The van der Waals surface area contributed by atoms with Crippen LogP contribution in [0.1, 0.15) is 45.2 Å².